The van der Waals surface area contributed by atoms with Crippen molar-refractivity contribution in [2.45, 2.75) is 83.0 Å². The van der Waals surface area contributed by atoms with Gasteiger partial charge in [0.05, 0.1) is 10.6 Å². The van der Waals surface area contributed by atoms with Crippen LogP contribution in [-0.4, -0.2) is 67.3 Å². The number of esters is 1. The first kappa shape index (κ1) is 42.3. The smallest absolute Gasteiger partial charge is 0.311 e. The zero-order chi connectivity index (χ0) is 40.6. The topological polar surface area (TPSA) is 139 Å². The lowest BCUT2D eigenvalue weighted by Crippen LogP contribution is -2.49. The molecule has 2 aliphatic rings. The Morgan fingerprint density at radius 2 is 1.54 bits per heavy atom. The van der Waals surface area contributed by atoms with Crippen molar-refractivity contribution in [2.75, 3.05) is 26.2 Å². The van der Waals surface area contributed by atoms with Crippen molar-refractivity contribution < 1.29 is 45.1 Å². The van der Waals surface area contributed by atoms with Gasteiger partial charge in [-0.3, -0.25) is 14.4 Å². The molecule has 0 bridgehead atoms. The first-order chi connectivity index (χ1) is 26.7. The van der Waals surface area contributed by atoms with Crippen LogP contribution in [0.4, 0.5) is 23.2 Å². The average molecular weight is 799 g/mol. The molecule has 0 radical (unpaired) electrons. The van der Waals surface area contributed by atoms with Crippen LogP contribution in [0.5, 0.6) is 5.75 Å². The number of nitrogens with zero attached hydrogens (tertiary/aromatic N) is 3. The number of Topliss-reactive ketones (excluding diaryl/α,β-unsaturated/α-hetero) is 1. The number of hydrogen-bond donors (Lipinski definition) is 1. The lowest BCUT2D eigenvalue weighted by atomic mass is 9.95. The highest BCUT2D eigenvalue weighted by atomic mass is 32.2. The quantitative estimate of drug-likeness (QED) is 0.0455. The zero-order valence-electron chi connectivity index (χ0n) is 31.5. The maximum Gasteiger partial charge on any atom is 0.311 e. The monoisotopic (exact) mass is 798 g/mol. The van der Waals surface area contributed by atoms with Crippen LogP contribution in [0.3, 0.4) is 0 Å². The average Bonchev–Trinajstić information content (AvgIpc) is 3.32. The minimum absolute atomic E-state index is 0.0129. The minimum atomic E-state index is -3.79. The molecule has 1 fully saturated rings. The number of rotatable bonds is 18. The Bertz CT molecular complexity index is 2100. The third-order valence-corrected chi connectivity index (χ3v) is 11.6. The molecule has 1 amide bonds. The van der Waals surface area contributed by atoms with E-state index in [9.17, 15) is 40.4 Å². The highest BCUT2D eigenvalue weighted by Crippen LogP contribution is 2.35. The van der Waals surface area contributed by atoms with Gasteiger partial charge in [0.1, 0.15) is 11.6 Å². The number of halogens is 4. The molecule has 300 valence electrons. The van der Waals surface area contributed by atoms with Crippen LogP contribution in [0.15, 0.2) is 64.0 Å². The maximum atomic E-state index is 13.7. The van der Waals surface area contributed by atoms with E-state index in [1.807, 2.05) is 49.1 Å². The number of amides is 1. The van der Waals surface area contributed by atoms with E-state index in [1.54, 1.807) is 18.2 Å². The molecule has 0 spiro atoms. The van der Waals surface area contributed by atoms with Gasteiger partial charge in [-0.1, -0.05) is 44.5 Å². The van der Waals surface area contributed by atoms with Gasteiger partial charge in [-0.25, -0.2) is 22.2 Å². The molecule has 2 heterocycles. The lowest BCUT2D eigenvalue weighted by molar-refractivity contribution is -0.135. The number of nitrogens with two attached hydrogens (primary N) is 1. The van der Waals surface area contributed by atoms with Crippen LogP contribution in [-0.2, 0) is 24.4 Å². The zero-order valence-corrected chi connectivity index (χ0v) is 32.3. The summed E-state index contributed by atoms with van der Waals surface area (Å²) in [5, 5.41) is 0. The summed E-state index contributed by atoms with van der Waals surface area (Å²) < 4.78 is 87.0. The highest BCUT2D eigenvalue weighted by Gasteiger charge is 2.36. The third-order valence-electron chi connectivity index (χ3n) is 9.73. The first-order valence-corrected chi connectivity index (χ1v) is 20.3. The van der Waals surface area contributed by atoms with Gasteiger partial charge in [-0.2, -0.15) is 13.1 Å². The van der Waals surface area contributed by atoms with Gasteiger partial charge in [-0.05, 0) is 73.4 Å². The Morgan fingerprint density at radius 3 is 2.21 bits per heavy atom. The van der Waals surface area contributed by atoms with E-state index in [1.165, 1.54) is 4.31 Å². The fraction of sp³-hybridized carbons (Fsp3) is 0.415. The molecule has 56 heavy (non-hydrogen) atoms. The Labute approximate surface area is 324 Å². The van der Waals surface area contributed by atoms with Crippen molar-refractivity contribution in [2.24, 2.45) is 16.6 Å². The van der Waals surface area contributed by atoms with E-state index in [2.05, 4.69) is 9.73 Å². The summed E-state index contributed by atoms with van der Waals surface area (Å²) in [6.07, 6.45) is 5.63. The summed E-state index contributed by atoms with van der Waals surface area (Å²) in [5.74, 6) is -9.18. The van der Waals surface area contributed by atoms with E-state index in [4.69, 9.17) is 5.73 Å². The van der Waals surface area contributed by atoms with Gasteiger partial charge in [0.15, 0.2) is 11.6 Å². The number of aliphatic imine (C=N–C) groups is 1. The maximum absolute atomic E-state index is 13.7. The normalized spacial score (nSPS) is 14.6. The van der Waals surface area contributed by atoms with Crippen molar-refractivity contribution in [3.8, 4) is 16.9 Å². The fourth-order valence-electron chi connectivity index (χ4n) is 6.72. The second-order valence-electron chi connectivity index (χ2n) is 14.1. The fourth-order valence-corrected chi connectivity index (χ4v) is 8.35. The van der Waals surface area contributed by atoms with Crippen LogP contribution in [0, 0.1) is 29.2 Å². The predicted molar refractivity (Wildman–Crippen MR) is 204 cm³/mol. The summed E-state index contributed by atoms with van der Waals surface area (Å²) in [4.78, 5) is 44.3. The lowest BCUT2D eigenvalue weighted by Gasteiger charge is -2.38. The molecular weight excluding hydrogens is 753 g/mol. The van der Waals surface area contributed by atoms with Gasteiger partial charge >= 0.3 is 5.97 Å². The molecule has 2 aliphatic heterocycles. The van der Waals surface area contributed by atoms with Crippen LogP contribution in [0.25, 0.3) is 17.2 Å². The van der Waals surface area contributed by atoms with E-state index in [-0.39, 0.29) is 73.8 Å². The van der Waals surface area contributed by atoms with Crippen LogP contribution in [0.2, 0.25) is 0 Å². The van der Waals surface area contributed by atoms with Gasteiger partial charge in [-0.15, -0.1) is 0 Å². The van der Waals surface area contributed by atoms with E-state index >= 15 is 0 Å². The first-order valence-electron chi connectivity index (χ1n) is 18.8. The number of amidine groups is 1. The van der Waals surface area contributed by atoms with E-state index in [0.717, 1.165) is 24.0 Å². The third kappa shape index (κ3) is 10.3. The number of benzene rings is 3. The minimum Gasteiger partial charge on any atom is -0.420 e. The number of carbonyl (C=O) groups is 3. The second-order valence-corrected chi connectivity index (χ2v) is 16.1. The Morgan fingerprint density at radius 1 is 0.875 bits per heavy atom. The summed E-state index contributed by atoms with van der Waals surface area (Å²) in [6, 6.07) is 12.2. The molecule has 0 saturated carbocycles. The second kappa shape index (κ2) is 18.8. The van der Waals surface area contributed by atoms with Gasteiger partial charge in [0, 0.05) is 69.1 Å². The number of ether oxygens (including phenoxy) is 1. The number of unbranched alkanes of at least 4 members (excludes halogenated alkanes) is 2. The molecule has 1 saturated heterocycles. The molecule has 0 aromatic heterocycles. The van der Waals surface area contributed by atoms with Gasteiger partial charge < -0.3 is 15.4 Å². The molecule has 0 aliphatic carbocycles. The molecular formula is C41H46F4N4O6S. The number of sulfonamides is 1. The van der Waals surface area contributed by atoms with Crippen molar-refractivity contribution in [3.05, 3.63) is 82.9 Å². The molecule has 0 unspecified atom stereocenters. The number of carbonyl (C=O) groups excluding carboxylic acids is 3. The molecule has 0 atom stereocenters. The SMILES string of the molecule is CCCN(CCC)C(=O)C1=Cc2ccc(-c3cccc(S(=O)(=O)N4CC(CCC(=O)CCCCCC(=O)Oc5c(F)c(F)cc(F)c5F)C4)c3)cc2N=C(N)C1. The molecule has 3 aromatic rings. The van der Waals surface area contributed by atoms with E-state index < -0.39 is 45.0 Å². The molecule has 5 rings (SSSR count). The van der Waals surface area contributed by atoms with Crippen LogP contribution in [0.1, 0.15) is 83.6 Å². The van der Waals surface area contributed by atoms with Crippen molar-refractivity contribution in [1.29, 1.82) is 0 Å². The van der Waals surface area contributed by atoms with Crippen molar-refractivity contribution in [3.63, 3.8) is 0 Å². The van der Waals surface area contributed by atoms with Crippen molar-refractivity contribution in [1.82, 2.24) is 9.21 Å². The van der Waals surface area contributed by atoms with E-state index in [0.29, 0.717) is 55.0 Å². The Hall–Kier alpha value is -4.89. The Balaban J connectivity index is 1.09. The highest BCUT2D eigenvalue weighted by molar-refractivity contribution is 7.89. The molecule has 3 aromatic carbocycles. The summed E-state index contributed by atoms with van der Waals surface area (Å²) in [6.45, 7) is 5.94. The standard InChI is InChI=1S/C41H46F4N4O6S/c1-3-17-48(18-4-2)41(52)30-19-29-15-14-28(21-35(29)47-36(46)22-30)27-9-8-11-32(20-27)56(53,54)49-24-26(25-49)13-16-31(50)10-6-5-7-12-37(51)55-40-38(44)33(42)23-34(43)39(40)45/h8-9,11,14-15,19-21,23,26H,3-7,10,12-13,16-18,22,24-25H2,1-2H3,(H2,46,47). The largest absolute Gasteiger partial charge is 0.420 e. The number of fused-ring (bicyclic) bond motifs is 1. The Kier molecular flexibility index (Phi) is 14.2. The van der Waals surface area contributed by atoms with Gasteiger partial charge in [0.2, 0.25) is 33.3 Å². The van der Waals surface area contributed by atoms with Gasteiger partial charge in [0.25, 0.3) is 0 Å². The van der Waals surface area contributed by atoms with Crippen LogP contribution >= 0.6 is 0 Å². The molecule has 15 heteroatoms. The number of hydrogen-bond acceptors (Lipinski definition) is 8. The summed E-state index contributed by atoms with van der Waals surface area (Å²) >= 11 is 0. The molecule has 10 nitrogen and oxygen atoms in total. The summed E-state index contributed by atoms with van der Waals surface area (Å²) in [5.41, 5.74) is 9.59. The predicted octanol–water partition coefficient (Wildman–Crippen LogP) is 7.86. The number of ketones is 1. The molecule has 2 N–H and O–H groups in total. The van der Waals surface area contributed by atoms with Crippen molar-refractivity contribution >= 4 is 45.3 Å². The summed E-state index contributed by atoms with van der Waals surface area (Å²) in [7, 11) is -3.79. The van der Waals surface area contributed by atoms with Crippen LogP contribution < -0.4 is 10.5 Å².